The Balaban J connectivity index is 2.14. The summed E-state index contributed by atoms with van der Waals surface area (Å²) in [5.41, 5.74) is 1.52. The average Bonchev–Trinajstić information content (AvgIpc) is 2.44. The van der Waals surface area contributed by atoms with Crippen LogP contribution >= 0.6 is 0 Å². The highest BCUT2D eigenvalue weighted by atomic mass is 16.5. The number of phenolic OH excluding ortho intramolecular Hbond substituents is 1. The minimum absolute atomic E-state index is 0.00124. The zero-order valence-electron chi connectivity index (χ0n) is 11.1. The van der Waals surface area contributed by atoms with Gasteiger partial charge in [0.2, 0.25) is 0 Å². The van der Waals surface area contributed by atoms with Crippen LogP contribution in [0, 0.1) is 0 Å². The van der Waals surface area contributed by atoms with E-state index in [1.165, 1.54) is 12.1 Å². The molecular formula is C16H16O4. The van der Waals surface area contributed by atoms with E-state index in [0.29, 0.717) is 17.9 Å². The van der Waals surface area contributed by atoms with Crippen LogP contribution in [0.5, 0.6) is 11.5 Å². The monoisotopic (exact) mass is 272 g/mol. The van der Waals surface area contributed by atoms with Crippen molar-refractivity contribution in [2.24, 2.45) is 0 Å². The van der Waals surface area contributed by atoms with Crippen molar-refractivity contribution in [2.75, 3.05) is 0 Å². The van der Waals surface area contributed by atoms with Crippen LogP contribution in [-0.4, -0.2) is 16.2 Å². The number of carboxylic acid groups (broad SMARTS) is 1. The second-order valence-electron chi connectivity index (χ2n) is 4.59. The van der Waals surface area contributed by atoms with Gasteiger partial charge >= 0.3 is 5.97 Å². The Bertz CT molecular complexity index is 593. The van der Waals surface area contributed by atoms with Gasteiger partial charge in [0.25, 0.3) is 0 Å². The van der Waals surface area contributed by atoms with E-state index in [1.54, 1.807) is 13.0 Å². The van der Waals surface area contributed by atoms with Crippen LogP contribution in [0.15, 0.2) is 48.5 Å². The first-order chi connectivity index (χ1) is 9.56. The Labute approximate surface area is 117 Å². The minimum Gasteiger partial charge on any atom is -0.508 e. The lowest BCUT2D eigenvalue weighted by atomic mass is 10.0. The quantitative estimate of drug-likeness (QED) is 0.877. The Morgan fingerprint density at radius 2 is 1.90 bits per heavy atom. The largest absolute Gasteiger partial charge is 0.508 e. The molecule has 1 unspecified atom stereocenters. The maximum atomic E-state index is 11.0. The van der Waals surface area contributed by atoms with Gasteiger partial charge in [-0.3, -0.25) is 4.79 Å². The number of benzene rings is 2. The van der Waals surface area contributed by atoms with Crippen LogP contribution in [0.1, 0.15) is 24.0 Å². The Morgan fingerprint density at radius 1 is 1.20 bits per heavy atom. The molecule has 4 nitrogen and oxygen atoms in total. The van der Waals surface area contributed by atoms with E-state index < -0.39 is 11.9 Å². The molecule has 0 radical (unpaired) electrons. The van der Waals surface area contributed by atoms with E-state index in [2.05, 4.69) is 0 Å². The van der Waals surface area contributed by atoms with Gasteiger partial charge in [-0.1, -0.05) is 30.3 Å². The lowest BCUT2D eigenvalue weighted by Crippen LogP contribution is -2.07. The van der Waals surface area contributed by atoms with Crippen LogP contribution in [-0.2, 0) is 11.4 Å². The number of carbonyl (C=O) groups is 1. The minimum atomic E-state index is -0.940. The number of aliphatic carboxylic acids is 1. The molecule has 2 aromatic rings. The van der Waals surface area contributed by atoms with Crippen LogP contribution in [0.2, 0.25) is 0 Å². The predicted molar refractivity (Wildman–Crippen MR) is 74.9 cm³/mol. The highest BCUT2D eigenvalue weighted by Gasteiger charge is 2.15. The third-order valence-electron chi connectivity index (χ3n) is 3.03. The number of rotatable bonds is 5. The number of carboxylic acids is 1. The van der Waals surface area contributed by atoms with Crippen molar-refractivity contribution in [2.45, 2.75) is 19.4 Å². The van der Waals surface area contributed by atoms with Gasteiger partial charge in [-0.2, -0.15) is 0 Å². The second-order valence-corrected chi connectivity index (χ2v) is 4.59. The summed E-state index contributed by atoms with van der Waals surface area (Å²) in [5.74, 6) is -1.18. The van der Waals surface area contributed by atoms with Crippen molar-refractivity contribution in [3.63, 3.8) is 0 Å². The highest BCUT2D eigenvalue weighted by Crippen LogP contribution is 2.27. The summed E-state index contributed by atoms with van der Waals surface area (Å²) in [7, 11) is 0. The van der Waals surface area contributed by atoms with Gasteiger partial charge in [-0.15, -0.1) is 0 Å². The molecule has 104 valence electrons. The number of hydrogen-bond donors (Lipinski definition) is 2. The summed E-state index contributed by atoms with van der Waals surface area (Å²) < 4.78 is 5.59. The van der Waals surface area contributed by atoms with Gasteiger partial charge in [0, 0.05) is 6.07 Å². The van der Waals surface area contributed by atoms with Crippen molar-refractivity contribution in [3.8, 4) is 11.5 Å². The molecule has 2 N–H and O–H groups in total. The van der Waals surface area contributed by atoms with Gasteiger partial charge in [-0.25, -0.2) is 0 Å². The molecule has 0 amide bonds. The molecule has 2 aromatic carbocycles. The summed E-state index contributed by atoms with van der Waals surface area (Å²) in [6.07, 6.45) is 0. The molecule has 0 aliphatic heterocycles. The Kier molecular flexibility index (Phi) is 4.25. The maximum Gasteiger partial charge on any atom is 0.310 e. The topological polar surface area (TPSA) is 66.8 Å². The highest BCUT2D eigenvalue weighted by molar-refractivity contribution is 5.75. The predicted octanol–water partition coefficient (Wildman–Crippen LogP) is 3.16. The Morgan fingerprint density at radius 3 is 2.55 bits per heavy atom. The fourth-order valence-electron chi connectivity index (χ4n) is 1.82. The first-order valence-electron chi connectivity index (χ1n) is 6.30. The summed E-state index contributed by atoms with van der Waals surface area (Å²) >= 11 is 0. The van der Waals surface area contributed by atoms with Gasteiger partial charge in [-0.05, 0) is 30.2 Å². The summed E-state index contributed by atoms with van der Waals surface area (Å²) in [6, 6.07) is 14.2. The molecule has 0 fully saturated rings. The summed E-state index contributed by atoms with van der Waals surface area (Å²) in [5, 5.41) is 18.7. The van der Waals surface area contributed by atoms with Crippen LogP contribution in [0.25, 0.3) is 0 Å². The van der Waals surface area contributed by atoms with E-state index in [9.17, 15) is 9.90 Å². The van der Waals surface area contributed by atoms with E-state index >= 15 is 0 Å². The first kappa shape index (κ1) is 13.9. The molecular weight excluding hydrogens is 256 g/mol. The lowest BCUT2D eigenvalue weighted by Gasteiger charge is -2.11. The van der Waals surface area contributed by atoms with Gasteiger partial charge < -0.3 is 14.9 Å². The molecule has 0 saturated heterocycles. The van der Waals surface area contributed by atoms with Crippen molar-refractivity contribution in [1.29, 1.82) is 0 Å². The normalized spacial score (nSPS) is 11.8. The van der Waals surface area contributed by atoms with Crippen LogP contribution in [0.3, 0.4) is 0 Å². The Hall–Kier alpha value is -2.49. The summed E-state index contributed by atoms with van der Waals surface area (Å²) in [6.45, 7) is 1.93. The number of ether oxygens (including phenoxy) is 1. The number of hydrogen-bond acceptors (Lipinski definition) is 3. The lowest BCUT2D eigenvalue weighted by molar-refractivity contribution is -0.138. The van der Waals surface area contributed by atoms with E-state index in [1.807, 2.05) is 30.3 Å². The van der Waals surface area contributed by atoms with E-state index in [0.717, 1.165) is 5.56 Å². The van der Waals surface area contributed by atoms with Crippen molar-refractivity contribution in [1.82, 2.24) is 0 Å². The van der Waals surface area contributed by atoms with Crippen molar-refractivity contribution >= 4 is 5.97 Å². The van der Waals surface area contributed by atoms with E-state index in [-0.39, 0.29) is 5.75 Å². The SMILES string of the molecule is CC(C(=O)O)c1cc(O)cc(OCc2ccccc2)c1. The molecule has 4 heteroatoms. The number of aromatic hydroxyl groups is 1. The van der Waals surface area contributed by atoms with Gasteiger partial charge in [0.1, 0.15) is 18.1 Å². The molecule has 0 spiro atoms. The summed E-state index contributed by atoms with van der Waals surface area (Å²) in [4.78, 5) is 11.0. The smallest absolute Gasteiger partial charge is 0.310 e. The van der Waals surface area contributed by atoms with Crippen molar-refractivity contribution in [3.05, 3.63) is 59.7 Å². The van der Waals surface area contributed by atoms with Gasteiger partial charge in [0.15, 0.2) is 0 Å². The third kappa shape index (κ3) is 3.51. The molecule has 1 atom stereocenters. The molecule has 2 rings (SSSR count). The zero-order valence-corrected chi connectivity index (χ0v) is 11.1. The third-order valence-corrected chi connectivity index (χ3v) is 3.03. The molecule has 0 aliphatic carbocycles. The fourth-order valence-corrected chi connectivity index (χ4v) is 1.82. The van der Waals surface area contributed by atoms with Crippen LogP contribution < -0.4 is 4.74 Å². The maximum absolute atomic E-state index is 11.0. The molecule has 0 aliphatic rings. The molecule has 0 heterocycles. The molecule has 0 aromatic heterocycles. The molecule has 0 saturated carbocycles. The van der Waals surface area contributed by atoms with E-state index in [4.69, 9.17) is 9.84 Å². The van der Waals surface area contributed by atoms with Gasteiger partial charge in [0.05, 0.1) is 5.92 Å². The first-order valence-corrected chi connectivity index (χ1v) is 6.30. The zero-order chi connectivity index (χ0) is 14.5. The molecule has 0 bridgehead atoms. The standard InChI is InChI=1S/C16H16O4/c1-11(16(18)19)13-7-14(17)9-15(8-13)20-10-12-5-3-2-4-6-12/h2-9,11,17H,10H2,1H3,(H,18,19). The fraction of sp³-hybridized carbons (Fsp3) is 0.188. The van der Waals surface area contributed by atoms with Crippen molar-refractivity contribution < 1.29 is 19.7 Å². The number of phenols is 1. The van der Waals surface area contributed by atoms with Crippen LogP contribution in [0.4, 0.5) is 0 Å². The molecule has 20 heavy (non-hydrogen) atoms. The second kappa shape index (κ2) is 6.10. The average molecular weight is 272 g/mol.